The van der Waals surface area contributed by atoms with Gasteiger partial charge in [0.1, 0.15) is 0 Å². The van der Waals surface area contributed by atoms with Crippen LogP contribution in [-0.2, 0) is 0 Å². The molecule has 1 aliphatic rings. The number of nitrogens with zero attached hydrogens (tertiary/aromatic N) is 1. The Hall–Kier alpha value is -2.27. The first kappa shape index (κ1) is 14.1. The third-order valence-corrected chi connectivity index (χ3v) is 3.07. The van der Waals surface area contributed by atoms with Crippen LogP contribution in [0.3, 0.4) is 0 Å². The Morgan fingerprint density at radius 2 is 1.75 bits per heavy atom. The minimum atomic E-state index is -0.258. The van der Waals surface area contributed by atoms with E-state index >= 15 is 0 Å². The van der Waals surface area contributed by atoms with Gasteiger partial charge in [0.25, 0.3) is 0 Å². The highest BCUT2D eigenvalue weighted by Gasteiger charge is 2.22. The van der Waals surface area contributed by atoms with Crippen molar-refractivity contribution < 1.29 is 14.9 Å². The summed E-state index contributed by atoms with van der Waals surface area (Å²) >= 11 is 0. The lowest BCUT2D eigenvalue weighted by Crippen LogP contribution is -2.10. The molecule has 106 valence electrons. The summed E-state index contributed by atoms with van der Waals surface area (Å²) in [5.74, 6) is 0.390. The normalized spacial score (nSPS) is 11.3. The predicted molar refractivity (Wildman–Crippen MR) is 81.1 cm³/mol. The summed E-state index contributed by atoms with van der Waals surface area (Å²) in [6, 6.07) is 8.84. The molecule has 0 unspecified atom stereocenters. The van der Waals surface area contributed by atoms with Crippen LogP contribution in [0.15, 0.2) is 30.3 Å². The highest BCUT2D eigenvalue weighted by molar-refractivity contribution is 5.85. The van der Waals surface area contributed by atoms with Crippen molar-refractivity contribution in [1.29, 1.82) is 0 Å². The lowest BCUT2D eigenvalue weighted by atomic mass is 10.1. The Morgan fingerprint density at radius 1 is 1.05 bits per heavy atom. The first-order chi connectivity index (χ1) is 9.06. The van der Waals surface area contributed by atoms with Crippen molar-refractivity contribution >= 4 is 29.5 Å². The number of ether oxygens (including phenoxy) is 1. The number of nitrogens with one attached hydrogen (secondary N) is 1. The molecule has 20 heavy (non-hydrogen) atoms. The largest absolute Gasteiger partial charge is 0.504 e. The molecule has 1 aliphatic heterocycles. The molecule has 0 amide bonds. The number of hydrogen-bond acceptors (Lipinski definition) is 5. The van der Waals surface area contributed by atoms with Crippen LogP contribution in [0.2, 0.25) is 0 Å². The van der Waals surface area contributed by atoms with Crippen molar-refractivity contribution in [1.82, 2.24) is 0 Å². The number of phenols is 2. The van der Waals surface area contributed by atoms with E-state index in [1.807, 2.05) is 37.2 Å². The zero-order valence-corrected chi connectivity index (χ0v) is 11.9. The molecule has 0 aliphatic carbocycles. The number of halogens is 1. The van der Waals surface area contributed by atoms with Crippen molar-refractivity contribution in [2.75, 3.05) is 24.3 Å². The van der Waals surface area contributed by atoms with Crippen molar-refractivity contribution in [2.24, 2.45) is 0 Å². The maximum Gasteiger partial charge on any atom is 0.203 e. The highest BCUT2D eigenvalue weighted by atomic mass is 35.5. The van der Waals surface area contributed by atoms with Crippen molar-refractivity contribution in [3.8, 4) is 23.0 Å². The fourth-order valence-electron chi connectivity index (χ4n) is 1.99. The zero-order valence-electron chi connectivity index (χ0n) is 11.0. The van der Waals surface area contributed by atoms with E-state index < -0.39 is 0 Å². The van der Waals surface area contributed by atoms with Gasteiger partial charge in [-0.05, 0) is 24.3 Å². The Balaban J connectivity index is 0.00000147. The molecule has 0 aromatic heterocycles. The molecule has 0 atom stereocenters. The van der Waals surface area contributed by atoms with Crippen LogP contribution in [0, 0.1) is 0 Å². The summed E-state index contributed by atoms with van der Waals surface area (Å²) in [7, 11) is 3.88. The summed E-state index contributed by atoms with van der Waals surface area (Å²) in [6.45, 7) is 0. The molecule has 0 saturated heterocycles. The first-order valence-corrected chi connectivity index (χ1v) is 5.87. The van der Waals surface area contributed by atoms with E-state index in [1.54, 1.807) is 6.07 Å². The fraction of sp³-hybridized carbons (Fsp3) is 0.143. The van der Waals surface area contributed by atoms with Gasteiger partial charge in [-0.3, -0.25) is 0 Å². The Kier molecular flexibility index (Phi) is 3.55. The number of hydrogen-bond donors (Lipinski definition) is 3. The SMILES string of the molecule is CN(C)c1ccc2c(c1)Oc1c(ccc(O)c1O)N2.Cl. The molecular weight excluding hydrogens is 280 g/mol. The van der Waals surface area contributed by atoms with Gasteiger partial charge in [-0.15, -0.1) is 12.4 Å². The summed E-state index contributed by atoms with van der Waals surface area (Å²) < 4.78 is 5.68. The van der Waals surface area contributed by atoms with Crippen LogP contribution >= 0.6 is 12.4 Å². The fourth-order valence-corrected chi connectivity index (χ4v) is 1.99. The molecule has 3 rings (SSSR count). The van der Waals surface area contributed by atoms with Gasteiger partial charge in [-0.25, -0.2) is 0 Å². The van der Waals surface area contributed by atoms with Crippen LogP contribution in [0.5, 0.6) is 23.0 Å². The molecule has 1 heterocycles. The molecule has 6 heteroatoms. The van der Waals surface area contributed by atoms with E-state index in [1.165, 1.54) is 6.07 Å². The monoisotopic (exact) mass is 294 g/mol. The van der Waals surface area contributed by atoms with Crippen molar-refractivity contribution in [3.05, 3.63) is 30.3 Å². The molecule has 0 saturated carbocycles. The Labute approximate surface area is 122 Å². The quantitative estimate of drug-likeness (QED) is 0.474. The molecule has 0 radical (unpaired) electrons. The van der Waals surface area contributed by atoms with E-state index in [0.717, 1.165) is 11.4 Å². The Morgan fingerprint density at radius 3 is 2.45 bits per heavy atom. The van der Waals surface area contributed by atoms with E-state index in [2.05, 4.69) is 5.32 Å². The van der Waals surface area contributed by atoms with Gasteiger partial charge in [0.05, 0.1) is 11.4 Å². The van der Waals surface area contributed by atoms with Gasteiger partial charge in [0.15, 0.2) is 17.2 Å². The average molecular weight is 295 g/mol. The maximum absolute atomic E-state index is 9.82. The van der Waals surface area contributed by atoms with Crippen molar-refractivity contribution in [3.63, 3.8) is 0 Å². The predicted octanol–water partition coefficient (Wildman–Crippen LogP) is 3.43. The molecule has 2 aromatic carbocycles. The van der Waals surface area contributed by atoms with Crippen LogP contribution < -0.4 is 15.0 Å². The van der Waals surface area contributed by atoms with Gasteiger partial charge in [0, 0.05) is 25.8 Å². The Bertz CT molecular complexity index is 659. The van der Waals surface area contributed by atoms with E-state index in [-0.39, 0.29) is 29.7 Å². The van der Waals surface area contributed by atoms with E-state index in [0.29, 0.717) is 11.4 Å². The molecule has 5 nitrogen and oxygen atoms in total. The van der Waals surface area contributed by atoms with Crippen LogP contribution in [0.25, 0.3) is 0 Å². The number of anilines is 3. The summed E-state index contributed by atoms with van der Waals surface area (Å²) in [4.78, 5) is 1.96. The van der Waals surface area contributed by atoms with Crippen LogP contribution in [-0.4, -0.2) is 24.3 Å². The summed E-state index contributed by atoms with van der Waals surface area (Å²) in [5.41, 5.74) is 2.44. The van der Waals surface area contributed by atoms with E-state index in [4.69, 9.17) is 4.74 Å². The molecule has 0 bridgehead atoms. The number of benzene rings is 2. The van der Waals surface area contributed by atoms with E-state index in [9.17, 15) is 10.2 Å². The third-order valence-electron chi connectivity index (χ3n) is 3.07. The minimum Gasteiger partial charge on any atom is -0.504 e. The second kappa shape index (κ2) is 5.02. The molecule has 0 spiro atoms. The number of phenolic OH excluding ortho intramolecular Hbond substituents is 2. The second-order valence-electron chi connectivity index (χ2n) is 4.61. The van der Waals surface area contributed by atoms with Gasteiger partial charge >= 0.3 is 0 Å². The molecule has 2 aromatic rings. The second-order valence-corrected chi connectivity index (χ2v) is 4.61. The highest BCUT2D eigenvalue weighted by Crippen LogP contribution is 2.50. The smallest absolute Gasteiger partial charge is 0.203 e. The van der Waals surface area contributed by atoms with Crippen molar-refractivity contribution in [2.45, 2.75) is 0 Å². The standard InChI is InChI=1S/C14H14N2O3.ClH/c1-16(2)8-3-4-9-12(7-8)19-14-10(15-9)5-6-11(17)13(14)18;/h3-7,15,17-18H,1-2H3;1H. The lowest BCUT2D eigenvalue weighted by molar-refractivity contribution is 0.373. The van der Waals surface area contributed by atoms with Gasteiger partial charge in [0.2, 0.25) is 5.75 Å². The number of fused-ring (bicyclic) bond motifs is 2. The third kappa shape index (κ3) is 2.16. The topological polar surface area (TPSA) is 65.0 Å². The van der Waals surface area contributed by atoms with Crippen LogP contribution in [0.1, 0.15) is 0 Å². The van der Waals surface area contributed by atoms with Crippen LogP contribution in [0.4, 0.5) is 17.1 Å². The summed E-state index contributed by atoms with van der Waals surface area (Å²) in [6.07, 6.45) is 0. The molecular formula is C14H15ClN2O3. The minimum absolute atomic E-state index is 0. The van der Waals surface area contributed by atoms with Gasteiger partial charge < -0.3 is 25.2 Å². The number of rotatable bonds is 1. The van der Waals surface area contributed by atoms with Gasteiger partial charge in [-0.2, -0.15) is 0 Å². The zero-order chi connectivity index (χ0) is 13.6. The molecule has 3 N–H and O–H groups in total. The lowest BCUT2D eigenvalue weighted by Gasteiger charge is -2.24. The molecule has 0 fully saturated rings. The maximum atomic E-state index is 9.82. The van der Waals surface area contributed by atoms with Gasteiger partial charge in [-0.1, -0.05) is 0 Å². The summed E-state index contributed by atoms with van der Waals surface area (Å²) in [5, 5.41) is 22.5. The first-order valence-electron chi connectivity index (χ1n) is 5.87. The number of aromatic hydroxyl groups is 2. The average Bonchev–Trinajstić information content (AvgIpc) is 2.41.